The lowest BCUT2D eigenvalue weighted by Gasteiger charge is -1.98. The molecular formula is C16H15N3OS. The number of phenolic OH excluding ortho intramolecular Hbond substituents is 1. The van der Waals surface area contributed by atoms with Crippen LogP contribution >= 0.6 is 11.3 Å². The molecule has 106 valence electrons. The van der Waals surface area contributed by atoms with Crippen LogP contribution in [-0.4, -0.2) is 14.9 Å². The second-order valence-corrected chi connectivity index (χ2v) is 5.43. The minimum atomic E-state index is 0.237. The standard InChI is InChI=1S/C16H15N3OS/c1-2-19-16(17-12-8-4-3-5-9-12)21-15(18-19)13-10-6-7-11-14(13)20/h3-11,20H,2H2,1H3. The van der Waals surface area contributed by atoms with Crippen LogP contribution in [0.4, 0.5) is 5.69 Å². The van der Waals surface area contributed by atoms with Gasteiger partial charge in [0.1, 0.15) is 5.75 Å². The van der Waals surface area contributed by atoms with Crippen molar-refractivity contribution in [3.8, 4) is 16.3 Å². The molecule has 4 nitrogen and oxygen atoms in total. The fraction of sp³-hybridized carbons (Fsp3) is 0.125. The van der Waals surface area contributed by atoms with Gasteiger partial charge in [0.2, 0.25) is 4.80 Å². The van der Waals surface area contributed by atoms with Gasteiger partial charge in [-0.3, -0.25) is 0 Å². The van der Waals surface area contributed by atoms with Crippen LogP contribution in [0.3, 0.4) is 0 Å². The van der Waals surface area contributed by atoms with Gasteiger partial charge in [-0.1, -0.05) is 41.7 Å². The fourth-order valence-corrected chi connectivity index (χ4v) is 3.00. The molecule has 0 amide bonds. The van der Waals surface area contributed by atoms with E-state index in [0.29, 0.717) is 0 Å². The molecule has 0 aliphatic heterocycles. The Bertz CT molecular complexity index is 806. The molecule has 1 aromatic heterocycles. The van der Waals surface area contributed by atoms with Crippen LogP contribution in [0.2, 0.25) is 0 Å². The van der Waals surface area contributed by atoms with Crippen LogP contribution in [0.25, 0.3) is 10.6 Å². The quantitative estimate of drug-likeness (QED) is 0.803. The first-order valence-corrected chi connectivity index (χ1v) is 7.55. The highest BCUT2D eigenvalue weighted by Gasteiger charge is 2.10. The number of rotatable bonds is 3. The molecule has 5 heteroatoms. The zero-order chi connectivity index (χ0) is 14.7. The van der Waals surface area contributed by atoms with Crippen molar-refractivity contribution in [2.24, 2.45) is 4.99 Å². The van der Waals surface area contributed by atoms with Gasteiger partial charge in [0.25, 0.3) is 0 Å². The Labute approximate surface area is 126 Å². The van der Waals surface area contributed by atoms with Gasteiger partial charge in [-0.25, -0.2) is 9.67 Å². The van der Waals surface area contributed by atoms with E-state index in [9.17, 15) is 5.11 Å². The lowest BCUT2D eigenvalue weighted by Crippen LogP contribution is -2.14. The van der Waals surface area contributed by atoms with Crippen LogP contribution in [0.5, 0.6) is 5.75 Å². The summed E-state index contributed by atoms with van der Waals surface area (Å²) >= 11 is 1.47. The molecule has 0 saturated carbocycles. The maximum atomic E-state index is 9.95. The van der Waals surface area contributed by atoms with Gasteiger partial charge in [-0.15, -0.1) is 0 Å². The van der Waals surface area contributed by atoms with Gasteiger partial charge in [-0.2, -0.15) is 5.10 Å². The normalized spacial score (nSPS) is 11.8. The highest BCUT2D eigenvalue weighted by molar-refractivity contribution is 7.12. The zero-order valence-corrected chi connectivity index (χ0v) is 12.4. The summed E-state index contributed by atoms with van der Waals surface area (Å²) in [6.07, 6.45) is 0. The number of aromatic nitrogens is 2. The Morgan fingerprint density at radius 2 is 1.81 bits per heavy atom. The van der Waals surface area contributed by atoms with Crippen molar-refractivity contribution in [3.63, 3.8) is 0 Å². The smallest absolute Gasteiger partial charge is 0.208 e. The lowest BCUT2D eigenvalue weighted by atomic mass is 10.2. The summed E-state index contributed by atoms with van der Waals surface area (Å²) in [5.74, 6) is 0.237. The van der Waals surface area contributed by atoms with Crippen molar-refractivity contribution in [2.45, 2.75) is 13.5 Å². The van der Waals surface area contributed by atoms with Crippen molar-refractivity contribution in [2.75, 3.05) is 0 Å². The summed E-state index contributed by atoms with van der Waals surface area (Å²) in [4.78, 5) is 5.45. The highest BCUT2D eigenvalue weighted by Crippen LogP contribution is 2.28. The molecule has 0 bridgehead atoms. The monoisotopic (exact) mass is 297 g/mol. The van der Waals surface area contributed by atoms with E-state index in [1.807, 2.05) is 54.1 Å². The number of hydrogen-bond donors (Lipinski definition) is 1. The topological polar surface area (TPSA) is 50.4 Å². The minimum Gasteiger partial charge on any atom is -0.507 e. The largest absolute Gasteiger partial charge is 0.507 e. The molecule has 0 unspecified atom stereocenters. The Hall–Kier alpha value is -2.40. The van der Waals surface area contributed by atoms with Gasteiger partial charge in [0, 0.05) is 6.54 Å². The maximum absolute atomic E-state index is 9.95. The predicted molar refractivity (Wildman–Crippen MR) is 84.5 cm³/mol. The molecule has 0 spiro atoms. The second kappa shape index (κ2) is 5.93. The average Bonchev–Trinajstić information content (AvgIpc) is 2.91. The summed E-state index contributed by atoms with van der Waals surface area (Å²) in [5, 5.41) is 15.3. The van der Waals surface area contributed by atoms with E-state index in [1.54, 1.807) is 12.1 Å². The number of nitrogens with zero attached hydrogens (tertiary/aromatic N) is 3. The maximum Gasteiger partial charge on any atom is 0.208 e. The van der Waals surface area contributed by atoms with Crippen LogP contribution in [0, 0.1) is 0 Å². The Balaban J connectivity index is 2.12. The molecule has 1 N–H and O–H groups in total. The summed E-state index contributed by atoms with van der Waals surface area (Å²) in [7, 11) is 0. The number of para-hydroxylation sites is 2. The number of aromatic hydroxyl groups is 1. The predicted octanol–water partition coefficient (Wildman–Crippen LogP) is 3.57. The summed E-state index contributed by atoms with van der Waals surface area (Å²) < 4.78 is 1.85. The van der Waals surface area contributed by atoms with Crippen molar-refractivity contribution < 1.29 is 5.11 Å². The van der Waals surface area contributed by atoms with E-state index in [2.05, 4.69) is 10.1 Å². The van der Waals surface area contributed by atoms with Crippen LogP contribution in [0.1, 0.15) is 6.92 Å². The summed E-state index contributed by atoms with van der Waals surface area (Å²) in [6, 6.07) is 17.0. The molecule has 2 aromatic carbocycles. The molecular weight excluding hydrogens is 282 g/mol. The van der Waals surface area contributed by atoms with Gasteiger partial charge in [0.05, 0.1) is 11.3 Å². The zero-order valence-electron chi connectivity index (χ0n) is 11.6. The average molecular weight is 297 g/mol. The first kappa shape index (κ1) is 13.6. The van der Waals surface area contributed by atoms with E-state index >= 15 is 0 Å². The third kappa shape index (κ3) is 2.87. The fourth-order valence-electron chi connectivity index (χ4n) is 1.97. The van der Waals surface area contributed by atoms with Gasteiger partial charge >= 0.3 is 0 Å². The number of phenols is 1. The van der Waals surface area contributed by atoms with Crippen molar-refractivity contribution in [1.82, 2.24) is 9.78 Å². The Morgan fingerprint density at radius 1 is 1.10 bits per heavy atom. The minimum absolute atomic E-state index is 0.237. The van der Waals surface area contributed by atoms with Gasteiger partial charge in [-0.05, 0) is 31.2 Å². The van der Waals surface area contributed by atoms with E-state index in [0.717, 1.165) is 27.6 Å². The van der Waals surface area contributed by atoms with E-state index in [1.165, 1.54) is 11.3 Å². The molecule has 0 saturated heterocycles. The molecule has 0 aliphatic rings. The van der Waals surface area contributed by atoms with E-state index < -0.39 is 0 Å². The lowest BCUT2D eigenvalue weighted by molar-refractivity contribution is 0.477. The third-order valence-electron chi connectivity index (χ3n) is 3.04. The van der Waals surface area contributed by atoms with Crippen LogP contribution in [-0.2, 0) is 6.54 Å². The van der Waals surface area contributed by atoms with Crippen LogP contribution < -0.4 is 4.80 Å². The number of hydrogen-bond acceptors (Lipinski definition) is 4. The first-order chi connectivity index (χ1) is 10.3. The van der Waals surface area contributed by atoms with Gasteiger partial charge in [0.15, 0.2) is 5.01 Å². The van der Waals surface area contributed by atoms with Gasteiger partial charge < -0.3 is 5.11 Å². The number of benzene rings is 2. The van der Waals surface area contributed by atoms with Crippen LogP contribution in [0.15, 0.2) is 59.6 Å². The molecule has 3 rings (SSSR count). The molecule has 0 atom stereocenters. The Kier molecular flexibility index (Phi) is 3.83. The summed E-state index contributed by atoms with van der Waals surface area (Å²) in [5.41, 5.74) is 1.63. The number of aryl methyl sites for hydroxylation is 1. The summed E-state index contributed by atoms with van der Waals surface area (Å²) in [6.45, 7) is 2.76. The SMILES string of the molecule is CCn1nc(-c2ccccc2O)sc1=Nc1ccccc1. The van der Waals surface area contributed by atoms with Crippen molar-refractivity contribution >= 4 is 17.0 Å². The Morgan fingerprint density at radius 3 is 2.52 bits per heavy atom. The second-order valence-electron chi connectivity index (χ2n) is 4.47. The third-order valence-corrected chi connectivity index (χ3v) is 4.01. The molecule has 0 aliphatic carbocycles. The van der Waals surface area contributed by atoms with E-state index in [-0.39, 0.29) is 5.75 Å². The first-order valence-electron chi connectivity index (χ1n) is 6.74. The molecule has 1 heterocycles. The molecule has 21 heavy (non-hydrogen) atoms. The molecule has 0 fully saturated rings. The molecule has 3 aromatic rings. The highest BCUT2D eigenvalue weighted by atomic mass is 32.1. The van der Waals surface area contributed by atoms with E-state index in [4.69, 9.17) is 0 Å². The molecule has 0 radical (unpaired) electrons. The van der Waals surface area contributed by atoms with Crippen molar-refractivity contribution in [3.05, 3.63) is 59.4 Å². The van der Waals surface area contributed by atoms with Crippen molar-refractivity contribution in [1.29, 1.82) is 0 Å².